The molecule has 176 valence electrons. The van der Waals surface area contributed by atoms with Crippen LogP contribution in [0.3, 0.4) is 0 Å². The first kappa shape index (κ1) is 24.0. The van der Waals surface area contributed by atoms with E-state index in [1.54, 1.807) is 31.2 Å². The first-order chi connectivity index (χ1) is 15.7. The molecule has 0 N–H and O–H groups in total. The van der Waals surface area contributed by atoms with E-state index < -0.39 is 15.4 Å². The average molecular weight is 487 g/mol. The van der Waals surface area contributed by atoms with Crippen molar-refractivity contribution in [1.82, 2.24) is 0 Å². The third kappa shape index (κ3) is 4.38. The second-order valence-electron chi connectivity index (χ2n) is 9.11. The van der Waals surface area contributed by atoms with Gasteiger partial charge in [-0.2, -0.15) is 0 Å². The summed E-state index contributed by atoms with van der Waals surface area (Å²) >= 11 is 6.75. The van der Waals surface area contributed by atoms with Gasteiger partial charge in [0.25, 0.3) is 0 Å². The van der Waals surface area contributed by atoms with Crippen molar-refractivity contribution in [3.63, 3.8) is 0 Å². The molecule has 1 fully saturated rings. The number of carbonyl (C=O) groups excluding carboxylic acids is 1. The minimum Gasteiger partial charge on any atom is -0.451 e. The maximum absolute atomic E-state index is 13.1. The standard InChI is InChI=1S/C27H31ClO4S/c1-4-9-20-16-22(19-10-12-21(13-11-19)33(30,31)5-2)24(28)17-23(20)25-18(3)27(32-26(25)29)14-7-6-8-15-27/h10-13,16-17H,4-9,14-15H2,1-3H3. The number of hydrogen-bond donors (Lipinski definition) is 0. The van der Waals surface area contributed by atoms with Gasteiger partial charge in [0, 0.05) is 10.6 Å². The number of ether oxygens (including phenoxy) is 1. The van der Waals surface area contributed by atoms with E-state index in [-0.39, 0.29) is 11.7 Å². The minimum absolute atomic E-state index is 0.0640. The molecule has 2 aromatic rings. The van der Waals surface area contributed by atoms with Gasteiger partial charge in [0.15, 0.2) is 9.84 Å². The van der Waals surface area contributed by atoms with Gasteiger partial charge in [0.2, 0.25) is 0 Å². The lowest BCUT2D eigenvalue weighted by Crippen LogP contribution is -2.33. The summed E-state index contributed by atoms with van der Waals surface area (Å²) < 4.78 is 30.3. The first-order valence-corrected chi connectivity index (χ1v) is 13.9. The largest absolute Gasteiger partial charge is 0.451 e. The molecule has 0 saturated heterocycles. The monoisotopic (exact) mass is 486 g/mol. The summed E-state index contributed by atoms with van der Waals surface area (Å²) in [4.78, 5) is 13.4. The summed E-state index contributed by atoms with van der Waals surface area (Å²) in [7, 11) is -3.26. The van der Waals surface area contributed by atoms with Crippen LogP contribution in [0, 0.1) is 0 Å². The van der Waals surface area contributed by atoms with Crippen molar-refractivity contribution in [2.45, 2.75) is 76.2 Å². The highest BCUT2D eigenvalue weighted by atomic mass is 35.5. The van der Waals surface area contributed by atoms with E-state index in [1.165, 1.54) is 6.42 Å². The van der Waals surface area contributed by atoms with Crippen LogP contribution in [0.1, 0.15) is 70.4 Å². The van der Waals surface area contributed by atoms with E-state index >= 15 is 0 Å². The molecule has 4 nitrogen and oxygen atoms in total. The van der Waals surface area contributed by atoms with Crippen LogP contribution in [0.15, 0.2) is 46.9 Å². The summed E-state index contributed by atoms with van der Waals surface area (Å²) in [5.74, 6) is -0.182. The molecular formula is C27H31ClO4S. The van der Waals surface area contributed by atoms with E-state index in [9.17, 15) is 13.2 Å². The van der Waals surface area contributed by atoms with Gasteiger partial charge in [-0.3, -0.25) is 0 Å². The number of sulfone groups is 1. The Bertz CT molecular complexity index is 1200. The van der Waals surface area contributed by atoms with Gasteiger partial charge in [0.05, 0.1) is 16.2 Å². The SMILES string of the molecule is CCCc1cc(-c2ccc(S(=O)(=O)CC)cc2)c(Cl)cc1C1=C(C)C2(CCCCC2)OC1=O. The molecule has 0 unspecified atom stereocenters. The molecule has 1 spiro atoms. The van der Waals surface area contributed by atoms with E-state index in [0.29, 0.717) is 15.5 Å². The Morgan fingerprint density at radius 2 is 1.67 bits per heavy atom. The molecule has 0 atom stereocenters. The van der Waals surface area contributed by atoms with Gasteiger partial charge in [-0.15, -0.1) is 0 Å². The number of hydrogen-bond acceptors (Lipinski definition) is 4. The topological polar surface area (TPSA) is 60.4 Å². The van der Waals surface area contributed by atoms with Crippen LogP contribution in [0.2, 0.25) is 5.02 Å². The lowest BCUT2D eigenvalue weighted by molar-refractivity contribution is -0.147. The van der Waals surface area contributed by atoms with E-state index in [4.69, 9.17) is 16.3 Å². The Hall–Kier alpha value is -2.11. The van der Waals surface area contributed by atoms with Gasteiger partial charge < -0.3 is 4.74 Å². The van der Waals surface area contributed by atoms with Gasteiger partial charge >= 0.3 is 5.97 Å². The zero-order valence-electron chi connectivity index (χ0n) is 19.5. The Labute approximate surface area is 201 Å². The van der Waals surface area contributed by atoms with E-state index in [0.717, 1.165) is 66.4 Å². The first-order valence-electron chi connectivity index (χ1n) is 11.8. The molecule has 1 aliphatic carbocycles. The van der Waals surface area contributed by atoms with Crippen LogP contribution in [0.5, 0.6) is 0 Å². The van der Waals surface area contributed by atoms with Crippen LogP contribution in [0.4, 0.5) is 0 Å². The maximum Gasteiger partial charge on any atom is 0.339 e. The van der Waals surface area contributed by atoms with Crippen LogP contribution in [0.25, 0.3) is 16.7 Å². The molecule has 2 aliphatic rings. The number of carbonyl (C=O) groups is 1. The van der Waals surface area contributed by atoms with Gasteiger partial charge in [-0.1, -0.05) is 50.4 Å². The van der Waals surface area contributed by atoms with Gasteiger partial charge in [0.1, 0.15) is 5.60 Å². The fourth-order valence-electron chi connectivity index (χ4n) is 5.15. The van der Waals surface area contributed by atoms with Crippen LogP contribution in [-0.4, -0.2) is 25.7 Å². The molecule has 6 heteroatoms. The number of rotatable bonds is 6. The van der Waals surface area contributed by atoms with Crippen molar-refractivity contribution >= 4 is 33.0 Å². The molecule has 0 bridgehead atoms. The quantitative estimate of drug-likeness (QED) is 0.422. The highest BCUT2D eigenvalue weighted by Gasteiger charge is 2.46. The fourth-order valence-corrected chi connectivity index (χ4v) is 6.31. The smallest absolute Gasteiger partial charge is 0.339 e. The number of halogens is 1. The second kappa shape index (κ2) is 9.27. The lowest BCUT2D eigenvalue weighted by Gasteiger charge is -2.33. The number of benzene rings is 2. The zero-order chi connectivity index (χ0) is 23.8. The van der Waals surface area contributed by atoms with Crippen molar-refractivity contribution in [3.8, 4) is 11.1 Å². The molecule has 0 amide bonds. The summed E-state index contributed by atoms with van der Waals surface area (Å²) in [6.45, 7) is 5.79. The van der Waals surface area contributed by atoms with E-state index in [1.807, 2.05) is 19.1 Å². The predicted octanol–water partition coefficient (Wildman–Crippen LogP) is 6.79. The normalized spacial score (nSPS) is 18.1. The predicted molar refractivity (Wildman–Crippen MR) is 133 cm³/mol. The molecule has 0 aromatic heterocycles. The van der Waals surface area contributed by atoms with Crippen molar-refractivity contribution in [2.24, 2.45) is 0 Å². The van der Waals surface area contributed by atoms with Crippen molar-refractivity contribution < 1.29 is 17.9 Å². The van der Waals surface area contributed by atoms with Crippen molar-refractivity contribution in [2.75, 3.05) is 5.75 Å². The molecule has 33 heavy (non-hydrogen) atoms. The summed E-state index contributed by atoms with van der Waals surface area (Å²) in [5.41, 5.74) is 4.84. The van der Waals surface area contributed by atoms with Crippen LogP contribution >= 0.6 is 11.6 Å². The average Bonchev–Trinajstić information content (AvgIpc) is 3.04. The summed E-state index contributed by atoms with van der Waals surface area (Å²) in [6, 6.07) is 10.8. The molecular weight excluding hydrogens is 456 g/mol. The highest BCUT2D eigenvalue weighted by molar-refractivity contribution is 7.91. The molecule has 1 saturated carbocycles. The van der Waals surface area contributed by atoms with Crippen LogP contribution < -0.4 is 0 Å². The molecule has 1 heterocycles. The summed E-state index contributed by atoms with van der Waals surface area (Å²) in [6.07, 6.45) is 6.83. The van der Waals surface area contributed by atoms with Gasteiger partial charge in [-0.25, -0.2) is 13.2 Å². The zero-order valence-corrected chi connectivity index (χ0v) is 21.1. The van der Waals surface area contributed by atoms with Gasteiger partial charge in [-0.05, 0) is 85.6 Å². The Morgan fingerprint density at radius 3 is 2.27 bits per heavy atom. The number of esters is 1. The summed E-state index contributed by atoms with van der Waals surface area (Å²) in [5, 5.41) is 0.536. The molecule has 4 rings (SSSR count). The molecule has 2 aromatic carbocycles. The molecule has 1 aliphatic heterocycles. The second-order valence-corrected chi connectivity index (χ2v) is 11.8. The Kier molecular flexibility index (Phi) is 6.75. The Morgan fingerprint density at radius 1 is 1.00 bits per heavy atom. The third-order valence-electron chi connectivity index (χ3n) is 7.10. The minimum atomic E-state index is -3.26. The van der Waals surface area contributed by atoms with Crippen molar-refractivity contribution in [1.29, 1.82) is 0 Å². The number of aryl methyl sites for hydroxylation is 1. The highest BCUT2D eigenvalue weighted by Crippen LogP contribution is 2.47. The van der Waals surface area contributed by atoms with E-state index in [2.05, 4.69) is 6.92 Å². The fraction of sp³-hybridized carbons (Fsp3) is 0.444. The molecule has 0 radical (unpaired) electrons. The van der Waals surface area contributed by atoms with Crippen LogP contribution in [-0.2, 0) is 25.8 Å². The third-order valence-corrected chi connectivity index (χ3v) is 9.16. The maximum atomic E-state index is 13.1. The lowest BCUT2D eigenvalue weighted by atomic mass is 9.78. The van der Waals surface area contributed by atoms with Crippen molar-refractivity contribution in [3.05, 3.63) is 58.1 Å². The Balaban J connectivity index is 1.79.